The molecule has 3 N–H and O–H groups in total. The normalized spacial score (nSPS) is 11.0. The molecule has 0 fully saturated rings. The van der Waals surface area contributed by atoms with Crippen molar-refractivity contribution in [3.63, 3.8) is 0 Å². The Kier molecular flexibility index (Phi) is 5.65. The van der Waals surface area contributed by atoms with Crippen LogP contribution in [0.4, 0.5) is 17.1 Å². The van der Waals surface area contributed by atoms with Gasteiger partial charge in [-0.15, -0.1) is 11.3 Å². The van der Waals surface area contributed by atoms with Gasteiger partial charge < -0.3 is 16.0 Å². The number of para-hydroxylation sites is 1. The monoisotopic (exact) mass is 468 g/mol. The van der Waals surface area contributed by atoms with Crippen LogP contribution < -0.4 is 26.8 Å². The van der Waals surface area contributed by atoms with Crippen molar-refractivity contribution in [2.75, 3.05) is 23.0 Å². The van der Waals surface area contributed by atoms with Crippen molar-refractivity contribution in [3.05, 3.63) is 103 Å². The average Bonchev–Trinajstić information content (AvgIpc) is 3.34. The molecule has 8 heteroatoms. The van der Waals surface area contributed by atoms with Crippen molar-refractivity contribution < 1.29 is 4.79 Å². The van der Waals surface area contributed by atoms with Crippen LogP contribution in [0.1, 0.15) is 15.2 Å². The average molecular weight is 469 g/mol. The number of pyridine rings is 1. The first kappa shape index (κ1) is 21.5. The van der Waals surface area contributed by atoms with Gasteiger partial charge >= 0.3 is 0 Å². The maximum absolute atomic E-state index is 13.0. The number of nitrogens with one attached hydrogen (secondary N) is 3. The molecular formula is C26H20N4O3S. The molecule has 0 saturated carbocycles. The maximum atomic E-state index is 13.0. The van der Waals surface area contributed by atoms with Gasteiger partial charge in [0.2, 0.25) is 10.9 Å². The Morgan fingerprint density at radius 3 is 2.71 bits per heavy atom. The summed E-state index contributed by atoms with van der Waals surface area (Å²) in [6.45, 7) is 0.548. The maximum Gasteiger partial charge on any atom is 0.267 e. The molecular weight excluding hydrogens is 448 g/mol. The summed E-state index contributed by atoms with van der Waals surface area (Å²) in [5.41, 5.74) is 3.45. The molecule has 2 aromatic heterocycles. The van der Waals surface area contributed by atoms with Gasteiger partial charge in [0.25, 0.3) is 5.91 Å². The number of carbonyl (C=O) groups excluding carboxylic acids is 1. The summed E-state index contributed by atoms with van der Waals surface area (Å²) in [6.07, 6.45) is 1.78. The van der Waals surface area contributed by atoms with Crippen molar-refractivity contribution in [2.45, 2.75) is 6.54 Å². The first-order valence-electron chi connectivity index (χ1n) is 10.6. The Hall–Kier alpha value is -4.30. The highest BCUT2D eigenvalue weighted by Crippen LogP contribution is 2.28. The molecule has 2 heterocycles. The van der Waals surface area contributed by atoms with E-state index in [1.54, 1.807) is 37.5 Å². The fourth-order valence-electron chi connectivity index (χ4n) is 3.97. The van der Waals surface area contributed by atoms with Gasteiger partial charge in [0.1, 0.15) is 4.88 Å². The smallest absolute Gasteiger partial charge is 0.267 e. The van der Waals surface area contributed by atoms with Crippen molar-refractivity contribution in [2.24, 2.45) is 0 Å². The highest BCUT2D eigenvalue weighted by Gasteiger charge is 2.21. The number of thiophene rings is 1. The zero-order valence-electron chi connectivity index (χ0n) is 18.2. The predicted molar refractivity (Wildman–Crippen MR) is 138 cm³/mol. The Morgan fingerprint density at radius 2 is 1.85 bits per heavy atom. The van der Waals surface area contributed by atoms with Crippen LogP contribution in [-0.2, 0) is 6.54 Å². The molecule has 5 rings (SSSR count). The number of fused-ring (bicyclic) bond motifs is 1. The zero-order valence-corrected chi connectivity index (χ0v) is 19.0. The lowest BCUT2D eigenvalue weighted by molar-refractivity contribution is 0.103. The van der Waals surface area contributed by atoms with E-state index >= 15 is 0 Å². The van der Waals surface area contributed by atoms with Crippen LogP contribution in [0, 0.1) is 0 Å². The number of amides is 1. The highest BCUT2D eigenvalue weighted by molar-refractivity contribution is 7.12. The number of hydrogen-bond donors (Lipinski definition) is 3. The molecule has 0 unspecified atom stereocenters. The van der Waals surface area contributed by atoms with Crippen LogP contribution in [0.15, 0.2) is 81.8 Å². The van der Waals surface area contributed by atoms with E-state index in [4.69, 9.17) is 0 Å². The lowest BCUT2D eigenvalue weighted by atomic mass is 9.98. The SMILES string of the molecule is CNc1c(-c2cccc(NC(=O)c3sccc3NCc3ccnc4ccccc34)c2)c(=O)c1=O. The van der Waals surface area contributed by atoms with Gasteiger partial charge in [-0.1, -0.05) is 30.3 Å². The summed E-state index contributed by atoms with van der Waals surface area (Å²) in [6, 6.07) is 18.7. The molecule has 5 aromatic rings. The number of hydrogen-bond acceptors (Lipinski definition) is 7. The lowest BCUT2D eigenvalue weighted by Crippen LogP contribution is -2.35. The molecule has 1 amide bonds. The Labute approximate surface area is 198 Å². The van der Waals surface area contributed by atoms with Gasteiger partial charge in [-0.25, -0.2) is 0 Å². The van der Waals surface area contributed by atoms with Gasteiger partial charge in [0, 0.05) is 30.9 Å². The molecule has 0 aliphatic rings. The van der Waals surface area contributed by atoms with E-state index in [9.17, 15) is 14.4 Å². The molecule has 0 saturated heterocycles. The Morgan fingerprint density at radius 1 is 1.00 bits per heavy atom. The molecule has 34 heavy (non-hydrogen) atoms. The molecule has 0 atom stereocenters. The van der Waals surface area contributed by atoms with Crippen molar-refractivity contribution >= 4 is 45.2 Å². The molecule has 0 spiro atoms. The standard InChI is InChI=1S/C26H20N4O3S/c1-27-22-21(23(31)24(22)32)15-5-4-6-17(13-15)30-26(33)25-20(10-12-34-25)29-14-16-9-11-28-19-8-3-2-7-18(16)19/h2-13,27,29H,14H2,1H3,(H,30,33). The predicted octanol–water partition coefficient (Wildman–Crippen LogP) is 4.47. The fourth-order valence-corrected chi connectivity index (χ4v) is 4.74. The third-order valence-corrected chi connectivity index (χ3v) is 6.56. The summed E-state index contributed by atoms with van der Waals surface area (Å²) in [7, 11) is 1.60. The lowest BCUT2D eigenvalue weighted by Gasteiger charge is -2.13. The van der Waals surface area contributed by atoms with Gasteiger partial charge in [-0.3, -0.25) is 19.4 Å². The molecule has 0 radical (unpaired) electrons. The second kappa shape index (κ2) is 8.92. The van der Waals surface area contributed by atoms with E-state index in [2.05, 4.69) is 20.9 Å². The minimum Gasteiger partial charge on any atom is -0.384 e. The molecule has 0 aliphatic heterocycles. The van der Waals surface area contributed by atoms with Gasteiger partial charge in [0.05, 0.1) is 22.5 Å². The van der Waals surface area contributed by atoms with Crippen LogP contribution >= 0.6 is 11.3 Å². The van der Waals surface area contributed by atoms with Crippen molar-refractivity contribution in [1.82, 2.24) is 4.98 Å². The molecule has 7 nitrogen and oxygen atoms in total. The van der Waals surface area contributed by atoms with Crippen molar-refractivity contribution in [1.29, 1.82) is 0 Å². The van der Waals surface area contributed by atoms with Gasteiger partial charge in [-0.2, -0.15) is 0 Å². The molecule has 168 valence electrons. The quantitative estimate of drug-likeness (QED) is 0.305. The third-order valence-electron chi connectivity index (χ3n) is 5.65. The topological polar surface area (TPSA) is 100 Å². The van der Waals surface area contributed by atoms with Crippen LogP contribution in [0.5, 0.6) is 0 Å². The summed E-state index contributed by atoms with van der Waals surface area (Å²) < 4.78 is 0. The number of anilines is 3. The largest absolute Gasteiger partial charge is 0.384 e. The van der Waals surface area contributed by atoms with E-state index in [1.165, 1.54) is 11.3 Å². The Bertz CT molecular complexity index is 1590. The zero-order chi connectivity index (χ0) is 23.7. The number of rotatable bonds is 7. The fraction of sp³-hybridized carbons (Fsp3) is 0.0769. The van der Waals surface area contributed by atoms with Gasteiger partial charge in [0.15, 0.2) is 0 Å². The van der Waals surface area contributed by atoms with Crippen LogP contribution in [0.3, 0.4) is 0 Å². The van der Waals surface area contributed by atoms with E-state index < -0.39 is 10.9 Å². The molecule has 0 bridgehead atoms. The first-order chi connectivity index (χ1) is 16.6. The number of carbonyl (C=O) groups is 1. The number of benzene rings is 2. The second-order valence-electron chi connectivity index (χ2n) is 7.70. The van der Waals surface area contributed by atoms with Crippen LogP contribution in [-0.4, -0.2) is 17.9 Å². The van der Waals surface area contributed by atoms with E-state index in [0.717, 1.165) is 22.2 Å². The van der Waals surface area contributed by atoms with E-state index in [-0.39, 0.29) is 5.91 Å². The number of nitrogens with zero attached hydrogens (tertiary/aromatic N) is 1. The summed E-state index contributed by atoms with van der Waals surface area (Å²) >= 11 is 1.34. The summed E-state index contributed by atoms with van der Waals surface area (Å²) in [4.78, 5) is 41.7. The van der Waals surface area contributed by atoms with Crippen LogP contribution in [0.25, 0.3) is 22.0 Å². The van der Waals surface area contributed by atoms with E-state index in [0.29, 0.717) is 33.9 Å². The Balaban J connectivity index is 1.33. The van der Waals surface area contributed by atoms with Gasteiger partial charge in [-0.05, 0) is 46.8 Å². The minimum absolute atomic E-state index is 0.256. The van der Waals surface area contributed by atoms with Crippen molar-refractivity contribution in [3.8, 4) is 11.1 Å². The first-order valence-corrected chi connectivity index (χ1v) is 11.5. The highest BCUT2D eigenvalue weighted by atomic mass is 32.1. The third kappa shape index (κ3) is 3.84. The molecule has 0 aliphatic carbocycles. The molecule has 3 aromatic carbocycles. The summed E-state index contributed by atoms with van der Waals surface area (Å²) in [5.74, 6) is -0.256. The van der Waals surface area contributed by atoms with Crippen LogP contribution in [0.2, 0.25) is 0 Å². The summed E-state index contributed by atoms with van der Waals surface area (Å²) in [5, 5.41) is 12.0. The van der Waals surface area contributed by atoms with E-state index in [1.807, 2.05) is 41.8 Å². The second-order valence-corrected chi connectivity index (χ2v) is 8.61. The number of aromatic nitrogens is 1. The minimum atomic E-state index is -0.527.